The second-order valence-corrected chi connectivity index (χ2v) is 10.9. The van der Waals surface area contributed by atoms with Crippen molar-refractivity contribution in [3.8, 4) is 5.75 Å². The van der Waals surface area contributed by atoms with E-state index in [-0.39, 0.29) is 17.9 Å². The van der Waals surface area contributed by atoms with Crippen LogP contribution < -0.4 is 25.2 Å². The van der Waals surface area contributed by atoms with E-state index in [9.17, 15) is 9.59 Å². The third-order valence-electron chi connectivity index (χ3n) is 7.17. The summed E-state index contributed by atoms with van der Waals surface area (Å²) in [4.78, 5) is 30.7. The molecule has 194 valence electrons. The summed E-state index contributed by atoms with van der Waals surface area (Å²) in [6, 6.07) is 14.0. The Balaban J connectivity index is 1.54. The van der Waals surface area contributed by atoms with Crippen LogP contribution in [0, 0.1) is 5.41 Å². The van der Waals surface area contributed by atoms with Gasteiger partial charge in [0.2, 0.25) is 5.91 Å². The molecule has 2 aromatic carbocycles. The van der Waals surface area contributed by atoms with Crippen molar-refractivity contribution in [2.45, 2.75) is 58.9 Å². The fourth-order valence-corrected chi connectivity index (χ4v) is 4.98. The summed E-state index contributed by atoms with van der Waals surface area (Å²) in [5.74, 6) is 0.743. The summed E-state index contributed by atoms with van der Waals surface area (Å²) in [5.41, 5.74) is 2.77. The minimum absolute atomic E-state index is 0.0593. The SMILES string of the molecule is COc1ccccc1N1CCN(c2ccc(NC(=O)C(C)(C)C)cc2C(=O)NC2CCCCC2)CC1. The van der Waals surface area contributed by atoms with Crippen LogP contribution in [0.3, 0.4) is 0 Å². The molecule has 0 aromatic heterocycles. The summed E-state index contributed by atoms with van der Waals surface area (Å²) >= 11 is 0. The zero-order valence-electron chi connectivity index (χ0n) is 22.1. The number of carbonyl (C=O) groups is 2. The zero-order chi connectivity index (χ0) is 25.7. The van der Waals surface area contributed by atoms with E-state index < -0.39 is 5.41 Å². The third kappa shape index (κ3) is 6.12. The number of nitrogens with one attached hydrogen (secondary N) is 2. The van der Waals surface area contributed by atoms with Gasteiger partial charge < -0.3 is 25.2 Å². The van der Waals surface area contributed by atoms with Crippen LogP contribution in [0.2, 0.25) is 0 Å². The summed E-state index contributed by atoms with van der Waals surface area (Å²) < 4.78 is 5.56. The van der Waals surface area contributed by atoms with Crippen molar-refractivity contribution in [2.75, 3.05) is 48.4 Å². The number of ether oxygens (including phenoxy) is 1. The maximum Gasteiger partial charge on any atom is 0.253 e. The number of methoxy groups -OCH3 is 1. The van der Waals surface area contributed by atoms with Crippen LogP contribution in [-0.2, 0) is 4.79 Å². The quantitative estimate of drug-likeness (QED) is 0.589. The van der Waals surface area contributed by atoms with Crippen LogP contribution in [-0.4, -0.2) is 51.1 Å². The maximum absolute atomic E-state index is 13.5. The zero-order valence-corrected chi connectivity index (χ0v) is 22.1. The predicted molar refractivity (Wildman–Crippen MR) is 146 cm³/mol. The van der Waals surface area contributed by atoms with Gasteiger partial charge in [0.25, 0.3) is 5.91 Å². The number of para-hydroxylation sites is 2. The lowest BCUT2D eigenvalue weighted by Crippen LogP contribution is -2.47. The van der Waals surface area contributed by atoms with Crippen LogP contribution in [0.5, 0.6) is 5.75 Å². The number of nitrogens with zero attached hydrogens (tertiary/aromatic N) is 2. The highest BCUT2D eigenvalue weighted by Crippen LogP contribution is 2.31. The monoisotopic (exact) mass is 492 g/mol. The van der Waals surface area contributed by atoms with Gasteiger partial charge in [0.1, 0.15) is 5.75 Å². The van der Waals surface area contributed by atoms with Gasteiger partial charge in [-0.15, -0.1) is 0 Å². The molecule has 2 fully saturated rings. The van der Waals surface area contributed by atoms with E-state index in [4.69, 9.17) is 4.74 Å². The van der Waals surface area contributed by atoms with Crippen molar-refractivity contribution in [1.82, 2.24) is 5.32 Å². The molecule has 36 heavy (non-hydrogen) atoms. The Bertz CT molecular complexity index is 1060. The highest BCUT2D eigenvalue weighted by molar-refractivity contribution is 6.02. The van der Waals surface area contributed by atoms with Crippen LogP contribution in [0.4, 0.5) is 17.1 Å². The van der Waals surface area contributed by atoms with Gasteiger partial charge >= 0.3 is 0 Å². The van der Waals surface area contributed by atoms with E-state index in [2.05, 4.69) is 26.5 Å². The first-order valence-corrected chi connectivity index (χ1v) is 13.2. The van der Waals surface area contributed by atoms with Gasteiger partial charge in [0.05, 0.1) is 18.4 Å². The number of amides is 2. The fraction of sp³-hybridized carbons (Fsp3) is 0.517. The first-order valence-electron chi connectivity index (χ1n) is 13.2. The average Bonchev–Trinajstić information content (AvgIpc) is 2.89. The Morgan fingerprint density at radius 2 is 1.53 bits per heavy atom. The third-order valence-corrected chi connectivity index (χ3v) is 7.17. The minimum Gasteiger partial charge on any atom is -0.495 e. The first kappa shape index (κ1) is 25.9. The second kappa shape index (κ2) is 11.2. The van der Waals surface area contributed by atoms with E-state index >= 15 is 0 Å². The van der Waals surface area contributed by atoms with E-state index in [0.717, 1.165) is 69.0 Å². The molecule has 0 atom stereocenters. The molecule has 7 heteroatoms. The van der Waals surface area contributed by atoms with Gasteiger partial charge in [0, 0.05) is 49.0 Å². The molecule has 1 saturated carbocycles. The molecule has 1 aliphatic carbocycles. The van der Waals surface area contributed by atoms with Crippen LogP contribution in [0.1, 0.15) is 63.2 Å². The van der Waals surface area contributed by atoms with Crippen molar-refractivity contribution < 1.29 is 14.3 Å². The standard InChI is InChI=1S/C29H40N4O3/c1-29(2,3)28(35)31-22-14-15-24(23(20-22)27(34)30-21-10-6-5-7-11-21)32-16-18-33(19-17-32)25-12-8-9-13-26(25)36-4/h8-9,12-15,20-21H,5-7,10-11,16-19H2,1-4H3,(H,30,34)(H,31,35). The molecule has 2 N–H and O–H groups in total. The Morgan fingerprint density at radius 3 is 2.17 bits per heavy atom. The van der Waals surface area contributed by atoms with Crippen molar-refractivity contribution in [1.29, 1.82) is 0 Å². The number of carbonyl (C=O) groups excluding carboxylic acids is 2. The number of rotatable bonds is 6. The van der Waals surface area contributed by atoms with E-state index in [1.165, 1.54) is 6.42 Å². The van der Waals surface area contributed by atoms with Crippen molar-refractivity contribution >= 4 is 28.9 Å². The van der Waals surface area contributed by atoms with Gasteiger partial charge in [-0.2, -0.15) is 0 Å². The van der Waals surface area contributed by atoms with Crippen molar-refractivity contribution in [3.63, 3.8) is 0 Å². The predicted octanol–water partition coefficient (Wildman–Crippen LogP) is 5.07. The van der Waals surface area contributed by atoms with Crippen LogP contribution in [0.15, 0.2) is 42.5 Å². The molecule has 0 radical (unpaired) electrons. The first-order chi connectivity index (χ1) is 17.3. The van der Waals surface area contributed by atoms with Gasteiger partial charge in [-0.25, -0.2) is 0 Å². The highest BCUT2D eigenvalue weighted by atomic mass is 16.5. The molecule has 0 bridgehead atoms. The fourth-order valence-electron chi connectivity index (χ4n) is 4.98. The van der Waals surface area contributed by atoms with E-state index in [1.54, 1.807) is 7.11 Å². The lowest BCUT2D eigenvalue weighted by atomic mass is 9.95. The van der Waals surface area contributed by atoms with Gasteiger partial charge in [-0.1, -0.05) is 52.2 Å². The number of hydrogen-bond donors (Lipinski definition) is 2. The Kier molecular flexibility index (Phi) is 8.07. The molecule has 0 unspecified atom stereocenters. The van der Waals surface area contributed by atoms with Gasteiger partial charge in [-0.3, -0.25) is 9.59 Å². The molecular weight excluding hydrogens is 452 g/mol. The molecule has 7 nitrogen and oxygen atoms in total. The number of hydrogen-bond acceptors (Lipinski definition) is 5. The highest BCUT2D eigenvalue weighted by Gasteiger charge is 2.26. The van der Waals surface area contributed by atoms with Crippen LogP contribution >= 0.6 is 0 Å². The van der Waals surface area contributed by atoms with Gasteiger partial charge in [0.15, 0.2) is 0 Å². The maximum atomic E-state index is 13.5. The number of piperazine rings is 1. The largest absolute Gasteiger partial charge is 0.495 e. The molecule has 1 heterocycles. The summed E-state index contributed by atoms with van der Waals surface area (Å²) in [7, 11) is 1.70. The molecule has 2 aromatic rings. The molecule has 1 aliphatic heterocycles. The summed E-state index contributed by atoms with van der Waals surface area (Å²) in [6.07, 6.45) is 5.61. The van der Waals surface area contributed by atoms with Crippen molar-refractivity contribution in [2.24, 2.45) is 5.41 Å². The topological polar surface area (TPSA) is 73.9 Å². The minimum atomic E-state index is -0.516. The smallest absolute Gasteiger partial charge is 0.253 e. The summed E-state index contributed by atoms with van der Waals surface area (Å²) in [5, 5.41) is 6.26. The van der Waals surface area contributed by atoms with E-state index in [1.807, 2.05) is 57.2 Å². The number of anilines is 3. The van der Waals surface area contributed by atoms with Gasteiger partial charge in [-0.05, 0) is 43.2 Å². The molecule has 2 aliphatic rings. The average molecular weight is 493 g/mol. The van der Waals surface area contributed by atoms with Crippen LogP contribution in [0.25, 0.3) is 0 Å². The lowest BCUT2D eigenvalue weighted by molar-refractivity contribution is -0.123. The normalized spacial score (nSPS) is 17.0. The molecule has 2 amide bonds. The van der Waals surface area contributed by atoms with Crippen molar-refractivity contribution in [3.05, 3.63) is 48.0 Å². The second-order valence-electron chi connectivity index (χ2n) is 10.9. The molecule has 0 spiro atoms. The number of benzene rings is 2. The Morgan fingerprint density at radius 1 is 0.889 bits per heavy atom. The Labute approximate surface area is 215 Å². The lowest BCUT2D eigenvalue weighted by Gasteiger charge is -2.38. The van der Waals surface area contributed by atoms with E-state index in [0.29, 0.717) is 11.3 Å². The summed E-state index contributed by atoms with van der Waals surface area (Å²) in [6.45, 7) is 8.88. The molecule has 1 saturated heterocycles. The molecule has 4 rings (SSSR count). The Hall–Kier alpha value is -3.22. The molecular formula is C29H40N4O3.